The number of nitrogens with two attached hydrogens (primary N) is 1. The molecular weight excluding hydrogens is 200 g/mol. The average molecular weight is 220 g/mol. The molecule has 2 rings (SSSR count). The van der Waals surface area contributed by atoms with Gasteiger partial charge in [-0.25, -0.2) is 4.98 Å². The molecule has 1 fully saturated rings. The normalized spacial score (nSPS) is 29.6. The van der Waals surface area contributed by atoms with E-state index in [9.17, 15) is 5.11 Å². The van der Waals surface area contributed by atoms with Crippen LogP contribution in [0.5, 0.6) is 0 Å². The van der Waals surface area contributed by atoms with Crippen molar-refractivity contribution in [1.82, 2.24) is 4.98 Å². The SMILES string of the molecule is CCC1CCCC1(O)c1c(C)ccnc1N. The van der Waals surface area contributed by atoms with Crippen LogP contribution in [-0.2, 0) is 5.60 Å². The molecule has 1 aromatic rings. The third-order valence-corrected chi connectivity index (χ3v) is 3.90. The van der Waals surface area contributed by atoms with E-state index < -0.39 is 5.60 Å². The first-order chi connectivity index (χ1) is 7.59. The smallest absolute Gasteiger partial charge is 0.129 e. The van der Waals surface area contributed by atoms with E-state index in [1.165, 1.54) is 0 Å². The fourth-order valence-electron chi connectivity index (χ4n) is 3.07. The molecule has 3 N–H and O–H groups in total. The van der Waals surface area contributed by atoms with Crippen LogP contribution in [0.25, 0.3) is 0 Å². The Morgan fingerprint density at radius 3 is 3.00 bits per heavy atom. The predicted molar refractivity (Wildman–Crippen MR) is 64.9 cm³/mol. The Labute approximate surface area is 96.7 Å². The van der Waals surface area contributed by atoms with Crippen molar-refractivity contribution >= 4 is 5.82 Å². The number of nitrogens with zero attached hydrogens (tertiary/aromatic N) is 1. The molecule has 1 aliphatic rings. The van der Waals surface area contributed by atoms with Gasteiger partial charge in [0.15, 0.2) is 0 Å². The molecule has 0 radical (unpaired) electrons. The van der Waals surface area contributed by atoms with Crippen LogP contribution in [0.1, 0.15) is 43.7 Å². The number of hydrogen-bond donors (Lipinski definition) is 2. The second-order valence-electron chi connectivity index (χ2n) is 4.81. The van der Waals surface area contributed by atoms with Crippen LogP contribution in [0, 0.1) is 12.8 Å². The molecule has 88 valence electrons. The highest BCUT2D eigenvalue weighted by Crippen LogP contribution is 2.47. The van der Waals surface area contributed by atoms with Crippen molar-refractivity contribution in [1.29, 1.82) is 0 Å². The summed E-state index contributed by atoms with van der Waals surface area (Å²) in [5, 5.41) is 10.9. The molecule has 16 heavy (non-hydrogen) atoms. The van der Waals surface area contributed by atoms with E-state index in [1.54, 1.807) is 6.20 Å². The first kappa shape index (κ1) is 11.4. The zero-order valence-electron chi connectivity index (χ0n) is 10.0. The molecule has 0 aliphatic heterocycles. The Kier molecular flexibility index (Phi) is 2.89. The van der Waals surface area contributed by atoms with Gasteiger partial charge < -0.3 is 10.8 Å². The molecule has 0 bridgehead atoms. The Morgan fingerprint density at radius 1 is 1.62 bits per heavy atom. The van der Waals surface area contributed by atoms with Crippen LogP contribution in [0.15, 0.2) is 12.3 Å². The minimum absolute atomic E-state index is 0.317. The van der Waals surface area contributed by atoms with Gasteiger partial charge in [0, 0.05) is 11.8 Å². The topological polar surface area (TPSA) is 59.1 Å². The number of rotatable bonds is 2. The van der Waals surface area contributed by atoms with Crippen molar-refractivity contribution in [2.45, 2.75) is 45.1 Å². The first-order valence-corrected chi connectivity index (χ1v) is 6.03. The lowest BCUT2D eigenvalue weighted by molar-refractivity contribution is -0.00394. The quantitative estimate of drug-likeness (QED) is 0.804. The molecule has 0 amide bonds. The van der Waals surface area contributed by atoms with Crippen molar-refractivity contribution in [2.24, 2.45) is 5.92 Å². The van der Waals surface area contributed by atoms with Crippen molar-refractivity contribution in [3.05, 3.63) is 23.4 Å². The maximum absolute atomic E-state index is 10.9. The maximum atomic E-state index is 10.9. The highest BCUT2D eigenvalue weighted by molar-refractivity contribution is 5.48. The molecule has 3 heteroatoms. The Morgan fingerprint density at radius 2 is 2.38 bits per heavy atom. The lowest BCUT2D eigenvalue weighted by Gasteiger charge is -2.32. The summed E-state index contributed by atoms with van der Waals surface area (Å²) >= 11 is 0. The van der Waals surface area contributed by atoms with Gasteiger partial charge in [0.2, 0.25) is 0 Å². The Bertz CT molecular complexity index is 371. The highest BCUT2D eigenvalue weighted by Gasteiger charge is 2.43. The van der Waals surface area contributed by atoms with E-state index in [1.807, 2.05) is 13.0 Å². The number of aryl methyl sites for hydroxylation is 1. The van der Waals surface area contributed by atoms with Crippen LogP contribution in [0.2, 0.25) is 0 Å². The lowest BCUT2D eigenvalue weighted by Crippen LogP contribution is -2.32. The minimum atomic E-state index is -0.753. The molecule has 1 aromatic heterocycles. The van der Waals surface area contributed by atoms with E-state index in [0.717, 1.165) is 36.8 Å². The summed E-state index contributed by atoms with van der Waals surface area (Å²) in [5.74, 6) is 0.806. The summed E-state index contributed by atoms with van der Waals surface area (Å²) in [6.45, 7) is 4.12. The summed E-state index contributed by atoms with van der Waals surface area (Å²) in [7, 11) is 0. The van der Waals surface area contributed by atoms with Crippen LogP contribution < -0.4 is 5.73 Å². The number of hydrogen-bond acceptors (Lipinski definition) is 3. The summed E-state index contributed by atoms with van der Waals surface area (Å²) in [6, 6.07) is 1.93. The summed E-state index contributed by atoms with van der Waals surface area (Å²) in [6.07, 6.45) is 5.66. The van der Waals surface area contributed by atoms with Gasteiger partial charge in [-0.15, -0.1) is 0 Å². The fourth-order valence-corrected chi connectivity index (χ4v) is 3.07. The number of nitrogen functional groups attached to an aromatic ring is 1. The first-order valence-electron chi connectivity index (χ1n) is 6.03. The number of anilines is 1. The Balaban J connectivity index is 2.50. The summed E-state index contributed by atoms with van der Waals surface area (Å²) in [4.78, 5) is 4.12. The third kappa shape index (κ3) is 1.59. The van der Waals surface area contributed by atoms with Gasteiger partial charge in [-0.2, -0.15) is 0 Å². The molecule has 0 spiro atoms. The molecule has 3 nitrogen and oxygen atoms in total. The van der Waals surface area contributed by atoms with Gasteiger partial charge in [-0.3, -0.25) is 0 Å². The molecule has 1 heterocycles. The molecule has 1 aliphatic carbocycles. The van der Waals surface area contributed by atoms with Crippen molar-refractivity contribution in [2.75, 3.05) is 5.73 Å². The summed E-state index contributed by atoms with van der Waals surface area (Å²) < 4.78 is 0. The van der Waals surface area contributed by atoms with Crippen molar-refractivity contribution in [3.63, 3.8) is 0 Å². The molecular formula is C13H20N2O. The van der Waals surface area contributed by atoms with E-state index in [0.29, 0.717) is 11.7 Å². The zero-order chi connectivity index (χ0) is 11.8. The Hall–Kier alpha value is -1.09. The minimum Gasteiger partial charge on any atom is -0.385 e. The molecule has 2 atom stereocenters. The molecule has 1 saturated carbocycles. The van der Waals surface area contributed by atoms with Crippen LogP contribution >= 0.6 is 0 Å². The molecule has 0 aromatic carbocycles. The third-order valence-electron chi connectivity index (χ3n) is 3.90. The van der Waals surface area contributed by atoms with E-state index in [-0.39, 0.29) is 0 Å². The largest absolute Gasteiger partial charge is 0.385 e. The van der Waals surface area contributed by atoms with Crippen LogP contribution in [-0.4, -0.2) is 10.1 Å². The van der Waals surface area contributed by atoms with E-state index in [4.69, 9.17) is 5.73 Å². The number of aliphatic hydroxyl groups is 1. The standard InChI is InChI=1S/C13H20N2O/c1-3-10-5-4-7-13(10,16)11-9(2)6-8-15-12(11)14/h6,8,10,16H,3-5,7H2,1-2H3,(H2,14,15). The zero-order valence-corrected chi connectivity index (χ0v) is 10.0. The van der Waals surface area contributed by atoms with Crippen molar-refractivity contribution < 1.29 is 5.11 Å². The maximum Gasteiger partial charge on any atom is 0.129 e. The second kappa shape index (κ2) is 4.06. The van der Waals surface area contributed by atoms with Gasteiger partial charge >= 0.3 is 0 Å². The molecule has 2 unspecified atom stereocenters. The van der Waals surface area contributed by atoms with Gasteiger partial charge in [0.05, 0.1) is 5.60 Å². The van der Waals surface area contributed by atoms with E-state index >= 15 is 0 Å². The lowest BCUT2D eigenvalue weighted by atomic mass is 9.81. The second-order valence-corrected chi connectivity index (χ2v) is 4.81. The van der Waals surface area contributed by atoms with Gasteiger partial charge in [-0.05, 0) is 43.7 Å². The number of pyridine rings is 1. The van der Waals surface area contributed by atoms with E-state index in [2.05, 4.69) is 11.9 Å². The van der Waals surface area contributed by atoms with Crippen molar-refractivity contribution in [3.8, 4) is 0 Å². The van der Waals surface area contributed by atoms with Gasteiger partial charge in [0.1, 0.15) is 5.82 Å². The van der Waals surface area contributed by atoms with Crippen LogP contribution in [0.3, 0.4) is 0 Å². The van der Waals surface area contributed by atoms with Crippen LogP contribution in [0.4, 0.5) is 5.82 Å². The fraction of sp³-hybridized carbons (Fsp3) is 0.615. The van der Waals surface area contributed by atoms with Gasteiger partial charge in [-0.1, -0.05) is 13.3 Å². The highest BCUT2D eigenvalue weighted by atomic mass is 16.3. The monoisotopic (exact) mass is 220 g/mol. The average Bonchev–Trinajstić information content (AvgIpc) is 2.60. The van der Waals surface area contributed by atoms with Gasteiger partial charge in [0.25, 0.3) is 0 Å². The molecule has 0 saturated heterocycles. The summed E-state index contributed by atoms with van der Waals surface area (Å²) in [5.41, 5.74) is 7.09. The predicted octanol–water partition coefficient (Wildman–Crippen LogP) is 2.37. The number of aromatic nitrogens is 1.